The Balaban J connectivity index is 1.49. The number of thioether (sulfide) groups is 1. The van der Waals surface area contributed by atoms with E-state index in [1.54, 1.807) is 11.8 Å². The third kappa shape index (κ3) is 5.60. The molecule has 7 heteroatoms. The molecule has 3 aromatic rings. The van der Waals surface area contributed by atoms with Crippen molar-refractivity contribution in [2.24, 2.45) is 0 Å². The molecule has 0 atom stereocenters. The molecule has 1 N–H and O–H groups in total. The van der Waals surface area contributed by atoms with E-state index in [1.807, 2.05) is 54.8 Å². The third-order valence-electron chi connectivity index (χ3n) is 4.14. The highest BCUT2D eigenvalue weighted by atomic mass is 32.2. The number of hydrogen-bond acceptors (Lipinski definition) is 6. The van der Waals surface area contributed by atoms with Gasteiger partial charge in [-0.05, 0) is 47.6 Å². The molecular weight excluding hydrogens is 374 g/mol. The molecule has 2 aromatic carbocycles. The summed E-state index contributed by atoms with van der Waals surface area (Å²) in [4.78, 5) is 13.2. The maximum atomic E-state index is 12.0. The topological polar surface area (TPSA) is 77.2 Å². The van der Waals surface area contributed by atoms with E-state index in [1.165, 1.54) is 10.5 Å². The van der Waals surface area contributed by atoms with Crippen LogP contribution < -0.4 is 10.1 Å². The van der Waals surface area contributed by atoms with Gasteiger partial charge in [-0.2, -0.15) is 0 Å². The Hall–Kier alpha value is -2.80. The van der Waals surface area contributed by atoms with Crippen molar-refractivity contribution in [3.05, 3.63) is 65.5 Å². The summed E-state index contributed by atoms with van der Waals surface area (Å²) in [6.45, 7) is 4.12. The van der Waals surface area contributed by atoms with Gasteiger partial charge < -0.3 is 9.15 Å². The second-order valence-corrected chi connectivity index (χ2v) is 7.47. The third-order valence-corrected chi connectivity index (χ3v) is 4.89. The van der Waals surface area contributed by atoms with Crippen molar-refractivity contribution in [1.82, 2.24) is 10.2 Å². The first-order chi connectivity index (χ1) is 13.5. The molecule has 146 valence electrons. The van der Waals surface area contributed by atoms with Gasteiger partial charge in [-0.1, -0.05) is 43.2 Å². The average molecular weight is 398 g/mol. The van der Waals surface area contributed by atoms with E-state index in [-0.39, 0.29) is 18.5 Å². The maximum absolute atomic E-state index is 12.0. The van der Waals surface area contributed by atoms with E-state index in [4.69, 9.17) is 9.15 Å². The van der Waals surface area contributed by atoms with Gasteiger partial charge in [0, 0.05) is 4.90 Å². The molecule has 1 heterocycles. The Kier molecular flexibility index (Phi) is 6.71. The first kappa shape index (κ1) is 19.9. The van der Waals surface area contributed by atoms with E-state index in [9.17, 15) is 4.79 Å². The monoisotopic (exact) mass is 397 g/mol. The Bertz CT molecular complexity index is 905. The van der Waals surface area contributed by atoms with Crippen molar-refractivity contribution in [1.29, 1.82) is 0 Å². The minimum absolute atomic E-state index is 0.0690. The number of aromatic nitrogens is 2. The summed E-state index contributed by atoms with van der Waals surface area (Å²) in [5, 5.41) is 10.4. The van der Waals surface area contributed by atoms with E-state index in [0.29, 0.717) is 24.0 Å². The average Bonchev–Trinajstić information content (AvgIpc) is 3.14. The van der Waals surface area contributed by atoms with Crippen LogP contribution in [0.3, 0.4) is 0 Å². The molecule has 0 bridgehead atoms. The maximum Gasteiger partial charge on any atom is 0.322 e. The van der Waals surface area contributed by atoms with Gasteiger partial charge in [0.15, 0.2) is 6.61 Å². The molecule has 0 aliphatic carbocycles. The number of nitrogens with one attached hydrogen (secondary N) is 1. The van der Waals surface area contributed by atoms with Crippen molar-refractivity contribution in [3.8, 4) is 5.75 Å². The lowest BCUT2D eigenvalue weighted by atomic mass is 10.0. The molecule has 0 saturated carbocycles. The number of anilines is 1. The predicted molar refractivity (Wildman–Crippen MR) is 110 cm³/mol. The molecule has 28 heavy (non-hydrogen) atoms. The number of nitrogens with zero attached hydrogens (tertiary/aromatic N) is 2. The molecule has 0 saturated heterocycles. The zero-order valence-corrected chi connectivity index (χ0v) is 17.0. The van der Waals surface area contributed by atoms with Gasteiger partial charge in [0.1, 0.15) is 5.75 Å². The number of amides is 1. The predicted octanol–water partition coefficient (Wildman–Crippen LogP) is 4.52. The van der Waals surface area contributed by atoms with Crippen molar-refractivity contribution in [2.75, 3.05) is 18.2 Å². The van der Waals surface area contributed by atoms with Gasteiger partial charge in [-0.3, -0.25) is 10.1 Å². The quantitative estimate of drug-likeness (QED) is 0.563. The fraction of sp³-hybridized carbons (Fsp3) is 0.286. The van der Waals surface area contributed by atoms with Crippen molar-refractivity contribution in [2.45, 2.75) is 31.1 Å². The first-order valence-corrected chi connectivity index (χ1v) is 10.2. The van der Waals surface area contributed by atoms with Crippen LogP contribution in [0.25, 0.3) is 0 Å². The number of carbonyl (C=O) groups is 1. The SMILES string of the molecule is CSc1ccc(Cc2nnc(NC(=O)COc3ccc(C(C)C)cc3)o2)cc1. The van der Waals surface area contributed by atoms with Gasteiger partial charge in [0.05, 0.1) is 6.42 Å². The molecule has 0 unspecified atom stereocenters. The summed E-state index contributed by atoms with van der Waals surface area (Å²) in [5.41, 5.74) is 2.28. The number of rotatable bonds is 8. The van der Waals surface area contributed by atoms with E-state index in [2.05, 4.69) is 29.4 Å². The molecule has 0 radical (unpaired) electrons. The van der Waals surface area contributed by atoms with Gasteiger partial charge in [0.2, 0.25) is 5.89 Å². The van der Waals surface area contributed by atoms with Crippen LogP contribution in [0.15, 0.2) is 57.8 Å². The summed E-state index contributed by atoms with van der Waals surface area (Å²) in [5.74, 6) is 1.18. The normalized spacial score (nSPS) is 10.9. The Labute approximate surface area is 168 Å². The standard InChI is InChI=1S/C21H23N3O3S/c1-14(2)16-6-8-17(9-7-16)26-13-19(25)22-21-24-23-20(27-21)12-15-4-10-18(28-3)11-5-15/h4-11,14H,12-13H2,1-3H3,(H,22,24,25). The van der Waals surface area contributed by atoms with Crippen LogP contribution >= 0.6 is 11.8 Å². The molecule has 0 spiro atoms. The fourth-order valence-corrected chi connectivity index (χ4v) is 2.95. The summed E-state index contributed by atoms with van der Waals surface area (Å²) < 4.78 is 11.0. The Morgan fingerprint density at radius 2 is 1.82 bits per heavy atom. The Morgan fingerprint density at radius 3 is 2.46 bits per heavy atom. The van der Waals surface area contributed by atoms with Gasteiger partial charge in [-0.25, -0.2) is 0 Å². The van der Waals surface area contributed by atoms with Gasteiger partial charge in [-0.15, -0.1) is 16.9 Å². The van der Waals surface area contributed by atoms with Crippen LogP contribution in [-0.4, -0.2) is 29.0 Å². The minimum atomic E-state index is -0.354. The smallest absolute Gasteiger partial charge is 0.322 e. The van der Waals surface area contributed by atoms with Crippen molar-refractivity contribution >= 4 is 23.7 Å². The summed E-state index contributed by atoms with van der Waals surface area (Å²) in [6, 6.07) is 15.9. The highest BCUT2D eigenvalue weighted by molar-refractivity contribution is 7.98. The number of carbonyl (C=O) groups excluding carboxylic acids is 1. The molecule has 6 nitrogen and oxygen atoms in total. The molecule has 0 aliphatic heterocycles. The number of ether oxygens (including phenoxy) is 1. The van der Waals surface area contributed by atoms with Crippen LogP contribution in [0.2, 0.25) is 0 Å². The summed E-state index contributed by atoms with van der Waals surface area (Å²) >= 11 is 1.69. The van der Waals surface area contributed by atoms with Crippen LogP contribution in [0.5, 0.6) is 5.75 Å². The van der Waals surface area contributed by atoms with Crippen LogP contribution in [0.4, 0.5) is 6.01 Å². The molecular formula is C21H23N3O3S. The fourth-order valence-electron chi connectivity index (χ4n) is 2.55. The second-order valence-electron chi connectivity index (χ2n) is 6.59. The number of hydrogen-bond donors (Lipinski definition) is 1. The van der Waals surface area contributed by atoms with Crippen molar-refractivity contribution < 1.29 is 13.9 Å². The van der Waals surface area contributed by atoms with E-state index < -0.39 is 0 Å². The zero-order valence-electron chi connectivity index (χ0n) is 16.1. The summed E-state index contributed by atoms with van der Waals surface area (Å²) in [7, 11) is 0. The molecule has 0 fully saturated rings. The molecule has 1 amide bonds. The number of benzene rings is 2. The van der Waals surface area contributed by atoms with E-state index in [0.717, 1.165) is 5.56 Å². The highest BCUT2D eigenvalue weighted by Gasteiger charge is 2.11. The molecule has 0 aliphatic rings. The molecule has 1 aromatic heterocycles. The minimum Gasteiger partial charge on any atom is -0.484 e. The van der Waals surface area contributed by atoms with Crippen LogP contribution in [-0.2, 0) is 11.2 Å². The lowest BCUT2D eigenvalue weighted by Crippen LogP contribution is -2.20. The first-order valence-electron chi connectivity index (χ1n) is 9.01. The lowest BCUT2D eigenvalue weighted by molar-refractivity contribution is -0.118. The van der Waals surface area contributed by atoms with Crippen LogP contribution in [0.1, 0.15) is 36.8 Å². The van der Waals surface area contributed by atoms with Crippen molar-refractivity contribution in [3.63, 3.8) is 0 Å². The Morgan fingerprint density at radius 1 is 1.11 bits per heavy atom. The zero-order chi connectivity index (χ0) is 19.9. The molecule has 3 rings (SSSR count). The largest absolute Gasteiger partial charge is 0.484 e. The van der Waals surface area contributed by atoms with E-state index >= 15 is 0 Å². The van der Waals surface area contributed by atoms with Gasteiger partial charge >= 0.3 is 6.01 Å². The summed E-state index contributed by atoms with van der Waals surface area (Å²) in [6.07, 6.45) is 2.54. The van der Waals surface area contributed by atoms with Gasteiger partial charge in [0.25, 0.3) is 5.91 Å². The lowest BCUT2D eigenvalue weighted by Gasteiger charge is -2.08. The second kappa shape index (κ2) is 9.41. The van der Waals surface area contributed by atoms with Crippen LogP contribution in [0, 0.1) is 0 Å². The highest BCUT2D eigenvalue weighted by Crippen LogP contribution is 2.19.